The first kappa shape index (κ1) is 14.7. The van der Waals surface area contributed by atoms with E-state index in [0.717, 1.165) is 6.42 Å². The van der Waals surface area contributed by atoms with Gasteiger partial charge in [0.05, 0.1) is 12.2 Å². The molecule has 1 aromatic heterocycles. The van der Waals surface area contributed by atoms with Crippen molar-refractivity contribution in [3.63, 3.8) is 0 Å². The summed E-state index contributed by atoms with van der Waals surface area (Å²) in [6, 6.07) is 1.72. The minimum atomic E-state index is -0.386. The Balaban J connectivity index is 2.47. The molecule has 5 nitrogen and oxygen atoms in total. The molecule has 0 fully saturated rings. The zero-order valence-electron chi connectivity index (χ0n) is 11.6. The molecule has 0 saturated carbocycles. The Bertz CT molecular complexity index is 356. The van der Waals surface area contributed by atoms with Gasteiger partial charge in [-0.25, -0.2) is 4.98 Å². The van der Waals surface area contributed by atoms with E-state index < -0.39 is 0 Å². The number of nitrogens with one attached hydrogen (secondary N) is 1. The summed E-state index contributed by atoms with van der Waals surface area (Å²) < 4.78 is 5.47. The molecule has 102 valence electrons. The van der Waals surface area contributed by atoms with Crippen molar-refractivity contribution in [2.24, 2.45) is 5.92 Å². The van der Waals surface area contributed by atoms with Crippen LogP contribution < -0.4 is 10.1 Å². The molecule has 1 unspecified atom stereocenters. The Morgan fingerprint density at radius 3 is 2.67 bits per heavy atom. The number of aliphatic hydroxyl groups is 1. The highest BCUT2D eigenvalue weighted by atomic mass is 16.5. The van der Waals surface area contributed by atoms with Crippen LogP contribution in [0.4, 0.5) is 5.95 Å². The summed E-state index contributed by atoms with van der Waals surface area (Å²) >= 11 is 0. The van der Waals surface area contributed by atoms with Gasteiger partial charge in [0.15, 0.2) is 0 Å². The highest BCUT2D eigenvalue weighted by molar-refractivity contribution is 5.27. The van der Waals surface area contributed by atoms with E-state index in [4.69, 9.17) is 4.74 Å². The van der Waals surface area contributed by atoms with Gasteiger partial charge >= 0.3 is 0 Å². The highest BCUT2D eigenvalue weighted by Gasteiger charge is 2.08. The standard InChI is InChI=1S/C13H23N3O2/c1-9(2)7-11(17)8-15-13-14-6-5-12(16-13)18-10(3)4/h5-6,9-11,17H,7-8H2,1-4H3,(H,14,15,16). The summed E-state index contributed by atoms with van der Waals surface area (Å²) in [5.41, 5.74) is 0. The fourth-order valence-corrected chi connectivity index (χ4v) is 1.57. The molecule has 0 radical (unpaired) electrons. The normalized spacial score (nSPS) is 12.8. The number of aromatic nitrogens is 2. The molecule has 0 aliphatic carbocycles. The first-order chi connectivity index (χ1) is 8.47. The Labute approximate surface area is 109 Å². The maximum Gasteiger partial charge on any atom is 0.226 e. The number of hydrogen-bond donors (Lipinski definition) is 2. The molecule has 18 heavy (non-hydrogen) atoms. The van der Waals surface area contributed by atoms with E-state index in [9.17, 15) is 5.11 Å². The van der Waals surface area contributed by atoms with Gasteiger partial charge in [0.1, 0.15) is 0 Å². The van der Waals surface area contributed by atoms with Gasteiger partial charge in [-0.2, -0.15) is 4.98 Å². The number of anilines is 1. The van der Waals surface area contributed by atoms with Crippen LogP contribution in [0.2, 0.25) is 0 Å². The fourth-order valence-electron chi connectivity index (χ4n) is 1.57. The second-order valence-corrected chi connectivity index (χ2v) is 5.05. The predicted molar refractivity (Wildman–Crippen MR) is 71.7 cm³/mol. The van der Waals surface area contributed by atoms with Crippen LogP contribution in [-0.2, 0) is 0 Å². The molecule has 0 aromatic carbocycles. The van der Waals surface area contributed by atoms with E-state index in [1.807, 2.05) is 13.8 Å². The largest absolute Gasteiger partial charge is 0.475 e. The summed E-state index contributed by atoms with van der Waals surface area (Å²) in [6.45, 7) is 8.50. The monoisotopic (exact) mass is 253 g/mol. The highest BCUT2D eigenvalue weighted by Crippen LogP contribution is 2.11. The topological polar surface area (TPSA) is 67.3 Å². The molecule has 0 aliphatic heterocycles. The van der Waals surface area contributed by atoms with Gasteiger partial charge < -0.3 is 15.2 Å². The molecular formula is C13H23N3O2. The van der Waals surface area contributed by atoms with E-state index in [-0.39, 0.29) is 12.2 Å². The molecule has 2 N–H and O–H groups in total. The van der Waals surface area contributed by atoms with Crippen LogP contribution >= 0.6 is 0 Å². The second kappa shape index (κ2) is 7.16. The minimum Gasteiger partial charge on any atom is -0.475 e. The van der Waals surface area contributed by atoms with Gasteiger partial charge in [0.25, 0.3) is 0 Å². The van der Waals surface area contributed by atoms with E-state index in [1.165, 1.54) is 0 Å². The molecule has 5 heteroatoms. The van der Waals surface area contributed by atoms with Gasteiger partial charge in [-0.05, 0) is 26.2 Å². The zero-order valence-corrected chi connectivity index (χ0v) is 11.6. The SMILES string of the molecule is CC(C)CC(O)CNc1nccc(OC(C)C)n1. The number of nitrogens with zero attached hydrogens (tertiary/aromatic N) is 2. The van der Waals surface area contributed by atoms with Gasteiger partial charge in [-0.3, -0.25) is 0 Å². The molecular weight excluding hydrogens is 230 g/mol. The Kier molecular flexibility index (Phi) is 5.85. The van der Waals surface area contributed by atoms with Crippen molar-refractivity contribution in [3.05, 3.63) is 12.3 Å². The molecule has 1 heterocycles. The summed E-state index contributed by atoms with van der Waals surface area (Å²) in [5.74, 6) is 1.50. The molecule has 0 saturated heterocycles. The quantitative estimate of drug-likeness (QED) is 0.778. The Morgan fingerprint density at radius 1 is 1.33 bits per heavy atom. The lowest BCUT2D eigenvalue weighted by molar-refractivity contribution is 0.161. The van der Waals surface area contributed by atoms with Crippen molar-refractivity contribution < 1.29 is 9.84 Å². The molecule has 1 aromatic rings. The fraction of sp³-hybridized carbons (Fsp3) is 0.692. The van der Waals surface area contributed by atoms with Gasteiger partial charge in [0.2, 0.25) is 11.8 Å². The third-order valence-corrected chi connectivity index (χ3v) is 2.23. The van der Waals surface area contributed by atoms with Crippen molar-refractivity contribution >= 4 is 5.95 Å². The molecule has 0 amide bonds. The van der Waals surface area contributed by atoms with Gasteiger partial charge in [0, 0.05) is 18.8 Å². The third-order valence-electron chi connectivity index (χ3n) is 2.23. The van der Waals surface area contributed by atoms with E-state index in [1.54, 1.807) is 12.3 Å². The van der Waals surface area contributed by atoms with E-state index >= 15 is 0 Å². The van der Waals surface area contributed by atoms with Gasteiger partial charge in [-0.15, -0.1) is 0 Å². The van der Waals surface area contributed by atoms with E-state index in [2.05, 4.69) is 29.1 Å². The van der Waals surface area contributed by atoms with E-state index in [0.29, 0.717) is 24.3 Å². The molecule has 1 rings (SSSR count). The smallest absolute Gasteiger partial charge is 0.226 e. The second-order valence-electron chi connectivity index (χ2n) is 5.05. The first-order valence-electron chi connectivity index (χ1n) is 6.39. The Morgan fingerprint density at radius 2 is 2.06 bits per heavy atom. The molecule has 1 atom stereocenters. The lowest BCUT2D eigenvalue weighted by Crippen LogP contribution is -2.22. The maximum atomic E-state index is 9.75. The minimum absolute atomic E-state index is 0.0827. The van der Waals surface area contributed by atoms with Crippen LogP contribution in [0.25, 0.3) is 0 Å². The van der Waals surface area contributed by atoms with Crippen molar-refractivity contribution in [1.82, 2.24) is 9.97 Å². The summed E-state index contributed by atoms with van der Waals surface area (Å²) in [5, 5.41) is 12.8. The van der Waals surface area contributed by atoms with Crippen molar-refractivity contribution in [2.75, 3.05) is 11.9 Å². The third kappa shape index (κ3) is 5.82. The molecule has 0 bridgehead atoms. The average Bonchev–Trinajstić information content (AvgIpc) is 2.25. The number of rotatable bonds is 7. The Hall–Kier alpha value is -1.36. The summed E-state index contributed by atoms with van der Waals surface area (Å²) in [4.78, 5) is 8.29. The number of ether oxygens (including phenoxy) is 1. The van der Waals surface area contributed by atoms with Crippen LogP contribution in [0.15, 0.2) is 12.3 Å². The first-order valence-corrected chi connectivity index (χ1v) is 6.39. The average molecular weight is 253 g/mol. The van der Waals surface area contributed by atoms with Crippen LogP contribution in [0.3, 0.4) is 0 Å². The van der Waals surface area contributed by atoms with Crippen molar-refractivity contribution in [1.29, 1.82) is 0 Å². The van der Waals surface area contributed by atoms with Crippen molar-refractivity contribution in [2.45, 2.75) is 46.3 Å². The van der Waals surface area contributed by atoms with Crippen LogP contribution in [0, 0.1) is 5.92 Å². The number of hydrogen-bond acceptors (Lipinski definition) is 5. The van der Waals surface area contributed by atoms with Crippen LogP contribution in [0.5, 0.6) is 5.88 Å². The van der Waals surface area contributed by atoms with Crippen LogP contribution in [-0.4, -0.2) is 33.8 Å². The number of aliphatic hydroxyl groups excluding tert-OH is 1. The lowest BCUT2D eigenvalue weighted by atomic mass is 10.1. The summed E-state index contributed by atoms with van der Waals surface area (Å²) in [6.07, 6.45) is 2.10. The molecule has 0 spiro atoms. The van der Waals surface area contributed by atoms with Gasteiger partial charge in [-0.1, -0.05) is 13.8 Å². The zero-order chi connectivity index (χ0) is 13.5. The lowest BCUT2D eigenvalue weighted by Gasteiger charge is -2.14. The maximum absolute atomic E-state index is 9.75. The summed E-state index contributed by atoms with van der Waals surface area (Å²) in [7, 11) is 0. The predicted octanol–water partition coefficient (Wildman–Crippen LogP) is 2.08. The van der Waals surface area contributed by atoms with Crippen molar-refractivity contribution in [3.8, 4) is 5.88 Å². The van der Waals surface area contributed by atoms with Crippen LogP contribution in [0.1, 0.15) is 34.1 Å². The molecule has 0 aliphatic rings.